The van der Waals surface area contributed by atoms with E-state index in [-0.39, 0.29) is 24.1 Å². The number of hydrogen-bond donors (Lipinski definition) is 2. The van der Waals surface area contributed by atoms with Crippen LogP contribution in [-0.4, -0.2) is 51.6 Å². The second kappa shape index (κ2) is 9.05. The van der Waals surface area contributed by atoms with Crippen molar-refractivity contribution in [2.75, 3.05) is 13.2 Å². The lowest BCUT2D eigenvalue weighted by molar-refractivity contribution is -0.162. The Hall–Kier alpha value is -3.68. The molecule has 0 spiro atoms. The molecule has 1 heterocycles. The lowest BCUT2D eigenvalue weighted by Gasteiger charge is -2.25. The topological polar surface area (TPSA) is 104 Å². The number of carbonyl (C=O) groups excluding carboxylic acids is 2. The first-order valence-electron chi connectivity index (χ1n) is 10.2. The number of halogens is 1. The average Bonchev–Trinajstić information content (AvgIpc) is 3.07. The van der Waals surface area contributed by atoms with Crippen LogP contribution in [0.25, 0.3) is 11.1 Å². The van der Waals surface area contributed by atoms with Gasteiger partial charge < -0.3 is 14.9 Å². The molecule has 1 unspecified atom stereocenters. The fourth-order valence-electron chi connectivity index (χ4n) is 3.57. The zero-order valence-electron chi connectivity index (χ0n) is 17.4. The SMILES string of the molecule is O=C1c2ccccc2C(=O)N1CCC(O)(COc1ccc(-c2ccc(Cl)cc2)cc1)C(=O)O. The summed E-state index contributed by atoms with van der Waals surface area (Å²) in [6.07, 6.45) is -0.378. The van der Waals surface area contributed by atoms with Crippen molar-refractivity contribution in [3.8, 4) is 16.9 Å². The van der Waals surface area contributed by atoms with Crippen molar-refractivity contribution in [3.05, 3.63) is 88.9 Å². The van der Waals surface area contributed by atoms with Gasteiger partial charge in [-0.3, -0.25) is 14.5 Å². The van der Waals surface area contributed by atoms with Gasteiger partial charge in [0.25, 0.3) is 11.8 Å². The molecule has 2 N–H and O–H groups in total. The standard InChI is InChI=1S/C25H20ClNO6/c26-18-9-5-16(6-10-18)17-7-11-19(12-8-17)33-15-25(32,24(30)31)13-14-27-22(28)20-3-1-2-4-21(20)23(27)29/h1-12,32H,13-15H2,(H,30,31). The van der Waals surface area contributed by atoms with Crippen molar-refractivity contribution < 1.29 is 29.3 Å². The number of aliphatic carboxylic acids is 1. The number of imide groups is 1. The Bertz CT molecular complexity index is 1170. The van der Waals surface area contributed by atoms with Crippen molar-refractivity contribution in [2.45, 2.75) is 12.0 Å². The number of ether oxygens (including phenoxy) is 1. The molecule has 3 aromatic carbocycles. The number of nitrogens with zero attached hydrogens (tertiary/aromatic N) is 1. The highest BCUT2D eigenvalue weighted by atomic mass is 35.5. The molecule has 33 heavy (non-hydrogen) atoms. The third-order valence-corrected chi connectivity index (χ3v) is 5.79. The normalized spacial score (nSPS) is 14.7. The Balaban J connectivity index is 1.40. The Morgan fingerprint density at radius 2 is 1.39 bits per heavy atom. The molecule has 0 saturated heterocycles. The minimum Gasteiger partial charge on any atom is -0.490 e. The maximum absolute atomic E-state index is 12.5. The number of carboxylic acid groups (broad SMARTS) is 1. The minimum atomic E-state index is -2.29. The van der Waals surface area contributed by atoms with Gasteiger partial charge in [0, 0.05) is 18.0 Å². The van der Waals surface area contributed by atoms with Crippen molar-refractivity contribution in [1.82, 2.24) is 4.90 Å². The van der Waals surface area contributed by atoms with Crippen LogP contribution < -0.4 is 4.74 Å². The van der Waals surface area contributed by atoms with Gasteiger partial charge in [0.05, 0.1) is 11.1 Å². The molecular formula is C25H20ClNO6. The monoisotopic (exact) mass is 465 g/mol. The van der Waals surface area contributed by atoms with Crippen LogP contribution in [0.4, 0.5) is 0 Å². The van der Waals surface area contributed by atoms with Gasteiger partial charge in [-0.2, -0.15) is 0 Å². The number of aliphatic hydroxyl groups is 1. The smallest absolute Gasteiger partial charge is 0.339 e. The van der Waals surface area contributed by atoms with Crippen LogP contribution in [-0.2, 0) is 4.79 Å². The summed E-state index contributed by atoms with van der Waals surface area (Å²) in [7, 11) is 0. The molecule has 4 rings (SSSR count). The summed E-state index contributed by atoms with van der Waals surface area (Å²) in [5.74, 6) is -2.16. The van der Waals surface area contributed by atoms with Crippen LogP contribution in [0.1, 0.15) is 27.1 Å². The molecule has 3 aromatic rings. The predicted molar refractivity (Wildman–Crippen MR) is 121 cm³/mol. The van der Waals surface area contributed by atoms with E-state index >= 15 is 0 Å². The largest absolute Gasteiger partial charge is 0.490 e. The number of amides is 2. The maximum atomic E-state index is 12.5. The van der Waals surface area contributed by atoms with Gasteiger partial charge in [-0.05, 0) is 47.5 Å². The van der Waals surface area contributed by atoms with Crippen LogP contribution in [0.5, 0.6) is 5.75 Å². The highest BCUT2D eigenvalue weighted by molar-refractivity contribution is 6.30. The molecule has 0 saturated carbocycles. The van der Waals surface area contributed by atoms with Gasteiger partial charge in [-0.25, -0.2) is 4.79 Å². The highest BCUT2D eigenvalue weighted by Crippen LogP contribution is 2.26. The summed E-state index contributed by atoms with van der Waals surface area (Å²) in [4.78, 5) is 37.7. The number of benzene rings is 3. The van der Waals surface area contributed by atoms with E-state index in [2.05, 4.69) is 0 Å². The van der Waals surface area contributed by atoms with Crippen LogP contribution >= 0.6 is 11.6 Å². The van der Waals surface area contributed by atoms with Gasteiger partial charge in [-0.1, -0.05) is 48.0 Å². The van der Waals surface area contributed by atoms with Gasteiger partial charge in [0.1, 0.15) is 12.4 Å². The first-order valence-corrected chi connectivity index (χ1v) is 10.6. The van der Waals surface area contributed by atoms with Crippen molar-refractivity contribution in [2.24, 2.45) is 0 Å². The molecular weight excluding hydrogens is 446 g/mol. The molecule has 0 aromatic heterocycles. The van der Waals surface area contributed by atoms with E-state index in [0.717, 1.165) is 16.0 Å². The maximum Gasteiger partial charge on any atom is 0.339 e. The van der Waals surface area contributed by atoms with Gasteiger partial charge >= 0.3 is 5.97 Å². The highest BCUT2D eigenvalue weighted by Gasteiger charge is 2.41. The number of rotatable bonds is 8. The third-order valence-electron chi connectivity index (χ3n) is 5.53. The molecule has 0 radical (unpaired) electrons. The summed E-state index contributed by atoms with van der Waals surface area (Å²) in [6.45, 7) is -0.806. The number of fused-ring (bicyclic) bond motifs is 1. The fourth-order valence-corrected chi connectivity index (χ4v) is 3.69. The fraction of sp³-hybridized carbons (Fsp3) is 0.160. The number of hydrogen-bond acceptors (Lipinski definition) is 5. The summed E-state index contributed by atoms with van der Waals surface area (Å²) < 4.78 is 5.53. The van der Waals surface area contributed by atoms with E-state index in [1.807, 2.05) is 12.1 Å². The van der Waals surface area contributed by atoms with Gasteiger partial charge in [0.2, 0.25) is 0 Å². The summed E-state index contributed by atoms with van der Waals surface area (Å²) in [6, 6.07) is 20.6. The minimum absolute atomic E-state index is 0.256. The second-order valence-corrected chi connectivity index (χ2v) is 8.15. The summed E-state index contributed by atoms with van der Waals surface area (Å²) >= 11 is 5.91. The first-order chi connectivity index (χ1) is 15.8. The van der Waals surface area contributed by atoms with Gasteiger partial charge in [0.15, 0.2) is 5.60 Å². The summed E-state index contributed by atoms with van der Waals surface area (Å²) in [5.41, 5.74) is 0.105. The lowest BCUT2D eigenvalue weighted by Crippen LogP contribution is -2.47. The van der Waals surface area contributed by atoms with E-state index < -0.39 is 30.0 Å². The molecule has 168 valence electrons. The molecule has 1 aliphatic rings. The first kappa shape index (κ1) is 22.5. The zero-order valence-corrected chi connectivity index (χ0v) is 18.2. The van der Waals surface area contributed by atoms with Gasteiger partial charge in [-0.15, -0.1) is 0 Å². The van der Waals surface area contributed by atoms with E-state index in [9.17, 15) is 24.6 Å². The molecule has 0 fully saturated rings. The second-order valence-electron chi connectivity index (χ2n) is 7.71. The van der Waals surface area contributed by atoms with Crippen LogP contribution in [0.3, 0.4) is 0 Å². The number of carboxylic acids is 1. The van der Waals surface area contributed by atoms with E-state index in [0.29, 0.717) is 10.8 Å². The van der Waals surface area contributed by atoms with Crippen LogP contribution in [0, 0.1) is 0 Å². The lowest BCUT2D eigenvalue weighted by atomic mass is 10.0. The quantitative estimate of drug-likeness (QED) is 0.489. The Morgan fingerprint density at radius 1 is 0.879 bits per heavy atom. The predicted octanol–water partition coefficient (Wildman–Crippen LogP) is 3.89. The third kappa shape index (κ3) is 4.60. The van der Waals surface area contributed by atoms with Crippen LogP contribution in [0.15, 0.2) is 72.8 Å². The molecule has 7 nitrogen and oxygen atoms in total. The van der Waals surface area contributed by atoms with Crippen LogP contribution in [0.2, 0.25) is 5.02 Å². The van der Waals surface area contributed by atoms with E-state index in [1.54, 1.807) is 48.5 Å². The van der Waals surface area contributed by atoms with E-state index in [1.165, 1.54) is 12.1 Å². The Morgan fingerprint density at radius 3 is 1.91 bits per heavy atom. The molecule has 8 heteroatoms. The molecule has 0 bridgehead atoms. The Labute approximate surface area is 194 Å². The molecule has 1 atom stereocenters. The average molecular weight is 466 g/mol. The number of carbonyl (C=O) groups is 3. The summed E-state index contributed by atoms with van der Waals surface area (Å²) in [5, 5.41) is 20.9. The molecule has 0 aliphatic carbocycles. The van der Waals surface area contributed by atoms with Crippen molar-refractivity contribution >= 4 is 29.4 Å². The zero-order chi connectivity index (χ0) is 23.6. The molecule has 2 amide bonds. The van der Waals surface area contributed by atoms with E-state index in [4.69, 9.17) is 16.3 Å². The Kier molecular flexibility index (Phi) is 6.18. The molecule has 1 aliphatic heterocycles. The van der Waals surface area contributed by atoms with Crippen molar-refractivity contribution in [1.29, 1.82) is 0 Å². The van der Waals surface area contributed by atoms with Crippen molar-refractivity contribution in [3.63, 3.8) is 0 Å².